The SMILES string of the molecule is CC1=C(C)/C(=N\OC(=O)c2ccccc2I)C=CC1=O. The van der Waals surface area contributed by atoms with Crippen LogP contribution in [0.15, 0.2) is 52.7 Å². The Morgan fingerprint density at radius 1 is 1.15 bits per heavy atom. The third kappa shape index (κ3) is 3.04. The van der Waals surface area contributed by atoms with Crippen molar-refractivity contribution in [1.82, 2.24) is 0 Å². The quantitative estimate of drug-likeness (QED) is 0.342. The van der Waals surface area contributed by atoms with Crippen molar-refractivity contribution in [3.63, 3.8) is 0 Å². The molecule has 102 valence electrons. The molecule has 1 aromatic rings. The lowest BCUT2D eigenvalue weighted by atomic mass is 9.97. The second-order valence-electron chi connectivity index (χ2n) is 4.28. The number of carbonyl (C=O) groups is 2. The first-order valence-corrected chi connectivity index (χ1v) is 7.02. The number of ketones is 1. The molecule has 0 atom stereocenters. The molecule has 1 aliphatic rings. The summed E-state index contributed by atoms with van der Waals surface area (Å²) in [5.74, 6) is -0.566. The fourth-order valence-corrected chi connectivity index (χ4v) is 2.25. The summed E-state index contributed by atoms with van der Waals surface area (Å²) >= 11 is 2.06. The zero-order valence-corrected chi connectivity index (χ0v) is 13.2. The van der Waals surface area contributed by atoms with Crippen molar-refractivity contribution in [3.05, 3.63) is 56.7 Å². The minimum atomic E-state index is -0.516. The molecule has 0 saturated carbocycles. The number of rotatable bonds is 2. The predicted octanol–water partition coefficient (Wildman–Crippen LogP) is 3.28. The molecule has 0 fully saturated rings. The summed E-state index contributed by atoms with van der Waals surface area (Å²) in [5.41, 5.74) is 2.28. The Morgan fingerprint density at radius 2 is 1.85 bits per heavy atom. The minimum absolute atomic E-state index is 0.0506. The van der Waals surface area contributed by atoms with E-state index in [0.717, 1.165) is 3.57 Å². The molecule has 20 heavy (non-hydrogen) atoms. The summed E-state index contributed by atoms with van der Waals surface area (Å²) in [7, 11) is 0. The molecule has 5 heteroatoms. The van der Waals surface area contributed by atoms with Gasteiger partial charge in [0.15, 0.2) is 5.78 Å². The Bertz CT molecular complexity index is 671. The Labute approximate surface area is 130 Å². The fourth-order valence-electron chi connectivity index (χ4n) is 1.65. The molecule has 0 heterocycles. The molecule has 1 aliphatic carbocycles. The van der Waals surface area contributed by atoms with Crippen molar-refractivity contribution in [2.24, 2.45) is 5.16 Å². The fraction of sp³-hybridized carbons (Fsp3) is 0.133. The largest absolute Gasteiger partial charge is 0.366 e. The van der Waals surface area contributed by atoms with E-state index in [1.807, 2.05) is 12.1 Å². The highest BCUT2D eigenvalue weighted by Gasteiger charge is 2.16. The smallest absolute Gasteiger partial charge is 0.312 e. The van der Waals surface area contributed by atoms with Crippen molar-refractivity contribution in [2.75, 3.05) is 0 Å². The molecule has 2 rings (SSSR count). The maximum Gasteiger partial charge on any atom is 0.366 e. The van der Waals surface area contributed by atoms with Crippen LogP contribution in [0.1, 0.15) is 24.2 Å². The molecule has 0 saturated heterocycles. The number of hydrogen-bond acceptors (Lipinski definition) is 4. The Morgan fingerprint density at radius 3 is 2.55 bits per heavy atom. The summed E-state index contributed by atoms with van der Waals surface area (Å²) < 4.78 is 0.799. The van der Waals surface area contributed by atoms with E-state index in [0.29, 0.717) is 22.4 Å². The van der Waals surface area contributed by atoms with Crippen LogP contribution in [0.2, 0.25) is 0 Å². The van der Waals surface area contributed by atoms with Gasteiger partial charge >= 0.3 is 5.97 Å². The molecular weight excluding hydrogens is 369 g/mol. The number of benzene rings is 1. The van der Waals surface area contributed by atoms with Gasteiger partial charge in [0.1, 0.15) is 5.71 Å². The first kappa shape index (κ1) is 14.6. The van der Waals surface area contributed by atoms with Crippen molar-refractivity contribution < 1.29 is 14.4 Å². The zero-order chi connectivity index (χ0) is 14.7. The van der Waals surface area contributed by atoms with Gasteiger partial charge in [-0.15, -0.1) is 0 Å². The molecule has 1 aromatic carbocycles. The van der Waals surface area contributed by atoms with Crippen LogP contribution in [-0.2, 0) is 9.63 Å². The van der Waals surface area contributed by atoms with E-state index < -0.39 is 5.97 Å². The van der Waals surface area contributed by atoms with E-state index in [1.54, 1.807) is 32.1 Å². The monoisotopic (exact) mass is 381 g/mol. The van der Waals surface area contributed by atoms with Crippen LogP contribution >= 0.6 is 22.6 Å². The van der Waals surface area contributed by atoms with Crippen LogP contribution in [0.3, 0.4) is 0 Å². The van der Waals surface area contributed by atoms with Crippen LogP contribution in [0, 0.1) is 3.57 Å². The molecule has 4 nitrogen and oxygen atoms in total. The Balaban J connectivity index is 2.19. The van der Waals surface area contributed by atoms with Gasteiger partial charge in [-0.05, 0) is 66.3 Å². The molecule has 0 amide bonds. The molecule has 0 aromatic heterocycles. The van der Waals surface area contributed by atoms with E-state index >= 15 is 0 Å². The van der Waals surface area contributed by atoms with E-state index in [9.17, 15) is 9.59 Å². The Kier molecular flexibility index (Phi) is 4.49. The van der Waals surface area contributed by atoms with Gasteiger partial charge in [-0.3, -0.25) is 4.79 Å². The number of carbonyl (C=O) groups excluding carboxylic acids is 2. The lowest BCUT2D eigenvalue weighted by Gasteiger charge is -2.09. The van der Waals surface area contributed by atoms with E-state index in [-0.39, 0.29) is 5.78 Å². The van der Waals surface area contributed by atoms with Crippen molar-refractivity contribution in [1.29, 1.82) is 0 Å². The molecular formula is C15H12INO3. The third-order valence-corrected chi connectivity index (χ3v) is 3.97. The van der Waals surface area contributed by atoms with Crippen LogP contribution in [0.4, 0.5) is 0 Å². The van der Waals surface area contributed by atoms with Gasteiger partial charge < -0.3 is 4.84 Å². The van der Waals surface area contributed by atoms with Gasteiger partial charge in [0.2, 0.25) is 0 Å². The van der Waals surface area contributed by atoms with Crippen LogP contribution in [0.25, 0.3) is 0 Å². The highest BCUT2D eigenvalue weighted by molar-refractivity contribution is 14.1. The lowest BCUT2D eigenvalue weighted by Crippen LogP contribution is -2.12. The maximum absolute atomic E-state index is 11.9. The zero-order valence-electron chi connectivity index (χ0n) is 11.0. The third-order valence-electron chi connectivity index (χ3n) is 3.03. The van der Waals surface area contributed by atoms with Crippen LogP contribution in [-0.4, -0.2) is 17.5 Å². The van der Waals surface area contributed by atoms with Gasteiger partial charge in [-0.25, -0.2) is 4.79 Å². The summed E-state index contributed by atoms with van der Waals surface area (Å²) in [6, 6.07) is 7.10. The number of hydrogen-bond donors (Lipinski definition) is 0. The van der Waals surface area contributed by atoms with Gasteiger partial charge in [-0.2, -0.15) is 0 Å². The number of nitrogens with zero attached hydrogens (tertiary/aromatic N) is 1. The first-order chi connectivity index (χ1) is 9.50. The van der Waals surface area contributed by atoms with Gasteiger partial charge in [0, 0.05) is 9.14 Å². The summed E-state index contributed by atoms with van der Waals surface area (Å²) in [6.07, 6.45) is 2.97. The summed E-state index contributed by atoms with van der Waals surface area (Å²) in [5, 5.41) is 3.83. The summed E-state index contributed by atoms with van der Waals surface area (Å²) in [6.45, 7) is 3.49. The second kappa shape index (κ2) is 6.13. The molecule has 0 spiro atoms. The second-order valence-corrected chi connectivity index (χ2v) is 5.44. The van der Waals surface area contributed by atoms with Crippen LogP contribution < -0.4 is 0 Å². The molecule has 0 radical (unpaired) electrons. The standard InChI is InChI=1S/C15H12INO3/c1-9-10(2)14(18)8-7-13(9)17-20-15(19)11-5-3-4-6-12(11)16/h3-8H,1-2H3/b17-13-. The highest BCUT2D eigenvalue weighted by Crippen LogP contribution is 2.16. The van der Waals surface area contributed by atoms with Crippen molar-refractivity contribution in [3.8, 4) is 0 Å². The van der Waals surface area contributed by atoms with Gasteiger partial charge in [0.25, 0.3) is 0 Å². The Hall–Kier alpha value is -1.76. The molecule has 0 aliphatic heterocycles. The molecule has 0 bridgehead atoms. The first-order valence-electron chi connectivity index (χ1n) is 5.95. The maximum atomic E-state index is 11.9. The number of halogens is 1. The minimum Gasteiger partial charge on any atom is -0.312 e. The normalized spacial score (nSPS) is 16.8. The predicted molar refractivity (Wildman–Crippen MR) is 84.5 cm³/mol. The van der Waals surface area contributed by atoms with Gasteiger partial charge in [0.05, 0.1) is 5.56 Å². The highest BCUT2D eigenvalue weighted by atomic mass is 127. The summed E-state index contributed by atoms with van der Waals surface area (Å²) in [4.78, 5) is 28.3. The topological polar surface area (TPSA) is 55.7 Å². The van der Waals surface area contributed by atoms with E-state index in [2.05, 4.69) is 27.7 Å². The van der Waals surface area contributed by atoms with Crippen molar-refractivity contribution in [2.45, 2.75) is 13.8 Å². The molecule has 0 unspecified atom stereocenters. The van der Waals surface area contributed by atoms with Crippen LogP contribution in [0.5, 0.6) is 0 Å². The van der Waals surface area contributed by atoms with E-state index in [4.69, 9.17) is 4.84 Å². The van der Waals surface area contributed by atoms with E-state index in [1.165, 1.54) is 6.08 Å². The average Bonchev–Trinajstić information content (AvgIpc) is 2.44. The number of oxime groups is 1. The average molecular weight is 381 g/mol. The number of allylic oxidation sites excluding steroid dienone is 4. The van der Waals surface area contributed by atoms with Crippen molar-refractivity contribution >= 4 is 40.1 Å². The van der Waals surface area contributed by atoms with Gasteiger partial charge in [-0.1, -0.05) is 17.3 Å². The molecule has 0 N–H and O–H groups in total. The lowest BCUT2D eigenvalue weighted by molar-refractivity contribution is -0.111.